The molecule has 2 heterocycles. The van der Waals surface area contributed by atoms with E-state index in [0.717, 1.165) is 21.8 Å². The number of aromatic nitrogens is 2. The van der Waals surface area contributed by atoms with Gasteiger partial charge < -0.3 is 4.90 Å². The number of alkyl halides is 3. The Balaban J connectivity index is 2.48. The number of anilines is 1. The van der Waals surface area contributed by atoms with Gasteiger partial charge in [0.2, 0.25) is 5.95 Å². The van der Waals surface area contributed by atoms with Crippen LogP contribution in [-0.4, -0.2) is 48.7 Å². The van der Waals surface area contributed by atoms with Crippen LogP contribution >= 0.6 is 11.6 Å². The van der Waals surface area contributed by atoms with E-state index in [4.69, 9.17) is 11.6 Å². The van der Waals surface area contributed by atoms with Gasteiger partial charge in [-0.25, -0.2) is 13.4 Å². The quantitative estimate of drug-likeness (QED) is 0.755. The number of nitrogens with zero attached hydrogens (tertiary/aromatic N) is 3. The predicted molar refractivity (Wildman–Crippen MR) is 75.0 cm³/mol. The van der Waals surface area contributed by atoms with Crippen molar-refractivity contribution in [2.75, 3.05) is 23.5 Å². The molecule has 1 aromatic heterocycles. The topological polar surface area (TPSA) is 72.3 Å². The van der Waals surface area contributed by atoms with E-state index in [2.05, 4.69) is 4.98 Å². The van der Waals surface area contributed by atoms with Crippen molar-refractivity contribution in [2.45, 2.75) is 25.2 Å². The number of fused-ring (bicyclic) bond motifs is 1. The van der Waals surface area contributed by atoms with Crippen molar-refractivity contribution in [1.29, 1.82) is 0 Å². The van der Waals surface area contributed by atoms with Crippen molar-refractivity contribution in [3.63, 3.8) is 0 Å². The smallest absolute Gasteiger partial charge is 0.329 e. The fourth-order valence-electron chi connectivity index (χ4n) is 2.30. The van der Waals surface area contributed by atoms with Crippen LogP contribution in [0.15, 0.2) is 10.9 Å². The Labute approximate surface area is 129 Å². The molecule has 6 nitrogen and oxygen atoms in total. The molecule has 1 aliphatic rings. The zero-order valence-corrected chi connectivity index (χ0v) is 13.0. The van der Waals surface area contributed by atoms with Crippen LogP contribution in [-0.2, 0) is 16.4 Å². The first-order valence-corrected chi connectivity index (χ1v) is 8.71. The third-order valence-corrected chi connectivity index (χ3v) is 4.41. The maximum atomic E-state index is 13.2. The zero-order valence-electron chi connectivity index (χ0n) is 11.5. The second-order valence-corrected chi connectivity index (χ2v) is 7.69. The highest BCUT2D eigenvalue weighted by atomic mass is 35.5. The lowest BCUT2D eigenvalue weighted by Gasteiger charge is -2.38. The third kappa shape index (κ3) is 3.72. The molecular weight excluding hydrogens is 347 g/mol. The van der Waals surface area contributed by atoms with Crippen LogP contribution in [0.25, 0.3) is 0 Å². The fourth-order valence-corrected chi connectivity index (χ4v) is 3.00. The van der Waals surface area contributed by atoms with E-state index < -0.39 is 39.9 Å². The van der Waals surface area contributed by atoms with Crippen molar-refractivity contribution in [2.24, 2.45) is 0 Å². The lowest BCUT2D eigenvalue weighted by Crippen LogP contribution is -2.53. The van der Waals surface area contributed by atoms with Gasteiger partial charge in [0, 0.05) is 25.4 Å². The van der Waals surface area contributed by atoms with Crippen molar-refractivity contribution < 1.29 is 21.6 Å². The molecule has 0 aliphatic carbocycles. The molecule has 1 unspecified atom stereocenters. The highest BCUT2D eigenvalue weighted by molar-refractivity contribution is 7.90. The zero-order chi connectivity index (χ0) is 16.7. The SMILES string of the molecule is CS(=O)(=O)CCN1c2nc(Cl)cc(=O)n2CCC1C(F)(F)F. The van der Waals surface area contributed by atoms with E-state index in [-0.39, 0.29) is 24.1 Å². The van der Waals surface area contributed by atoms with Gasteiger partial charge in [0.05, 0.1) is 5.75 Å². The second-order valence-electron chi connectivity index (χ2n) is 5.04. The number of rotatable bonds is 3. The first-order chi connectivity index (χ1) is 9.99. The molecule has 0 saturated heterocycles. The van der Waals surface area contributed by atoms with Gasteiger partial charge in [-0.2, -0.15) is 13.2 Å². The van der Waals surface area contributed by atoms with Gasteiger partial charge in [0.25, 0.3) is 5.56 Å². The summed E-state index contributed by atoms with van der Waals surface area (Å²) < 4.78 is 63.1. The molecule has 0 aromatic carbocycles. The normalized spacial score (nSPS) is 19.1. The fraction of sp³-hybridized carbons (Fsp3) is 0.636. The van der Waals surface area contributed by atoms with Gasteiger partial charge in [-0.3, -0.25) is 9.36 Å². The standard InChI is InChI=1S/C11H13ClF3N3O3S/c1-22(20,21)5-4-17-7(11(13,14)15)2-3-18-9(19)6-8(12)16-10(17)18/h6-7H,2-5H2,1H3. The Hall–Kier alpha value is -1.29. The molecule has 0 radical (unpaired) electrons. The summed E-state index contributed by atoms with van der Waals surface area (Å²) in [6.07, 6.45) is -4.00. The molecule has 0 N–H and O–H groups in total. The van der Waals surface area contributed by atoms with Crippen LogP contribution < -0.4 is 10.5 Å². The van der Waals surface area contributed by atoms with Crippen molar-refractivity contribution in [3.8, 4) is 0 Å². The van der Waals surface area contributed by atoms with Gasteiger partial charge in [-0.15, -0.1) is 0 Å². The Kier molecular flexibility index (Phi) is 4.44. The van der Waals surface area contributed by atoms with Gasteiger partial charge >= 0.3 is 6.18 Å². The van der Waals surface area contributed by atoms with Crippen molar-refractivity contribution >= 4 is 27.4 Å². The molecule has 0 bridgehead atoms. The number of hydrogen-bond acceptors (Lipinski definition) is 5. The Morgan fingerprint density at radius 3 is 2.64 bits per heavy atom. The van der Waals surface area contributed by atoms with Crippen LogP contribution in [0.2, 0.25) is 5.15 Å². The molecule has 1 atom stereocenters. The summed E-state index contributed by atoms with van der Waals surface area (Å²) in [6, 6.07) is -0.895. The number of halogens is 4. The molecular formula is C11H13ClF3N3O3S. The number of sulfone groups is 1. The predicted octanol–water partition coefficient (Wildman–Crippen LogP) is 1.08. The van der Waals surface area contributed by atoms with E-state index >= 15 is 0 Å². The monoisotopic (exact) mass is 359 g/mol. The first kappa shape index (κ1) is 17.1. The van der Waals surface area contributed by atoms with Crippen LogP contribution in [0.5, 0.6) is 0 Å². The molecule has 0 fully saturated rings. The highest BCUT2D eigenvalue weighted by Gasteiger charge is 2.46. The van der Waals surface area contributed by atoms with E-state index in [0.29, 0.717) is 0 Å². The van der Waals surface area contributed by atoms with Crippen LogP contribution in [0.1, 0.15) is 6.42 Å². The summed E-state index contributed by atoms with van der Waals surface area (Å²) in [4.78, 5) is 16.4. The second kappa shape index (κ2) is 5.73. The molecule has 0 amide bonds. The molecule has 1 aliphatic heterocycles. The third-order valence-electron chi connectivity index (χ3n) is 3.30. The maximum absolute atomic E-state index is 13.2. The van der Waals surface area contributed by atoms with E-state index in [1.165, 1.54) is 0 Å². The summed E-state index contributed by atoms with van der Waals surface area (Å²) in [5, 5.41) is -0.233. The largest absolute Gasteiger partial charge is 0.408 e. The van der Waals surface area contributed by atoms with Crippen LogP contribution in [0.3, 0.4) is 0 Å². The van der Waals surface area contributed by atoms with E-state index in [1.54, 1.807) is 0 Å². The van der Waals surface area contributed by atoms with Gasteiger partial charge in [-0.1, -0.05) is 11.6 Å². The summed E-state index contributed by atoms with van der Waals surface area (Å²) in [6.45, 7) is -0.576. The summed E-state index contributed by atoms with van der Waals surface area (Å²) in [5.74, 6) is -0.739. The Morgan fingerprint density at radius 1 is 1.45 bits per heavy atom. The minimum atomic E-state index is -4.57. The molecule has 124 valence electrons. The first-order valence-electron chi connectivity index (χ1n) is 6.27. The average molecular weight is 360 g/mol. The summed E-state index contributed by atoms with van der Waals surface area (Å²) in [7, 11) is -3.47. The van der Waals surface area contributed by atoms with Crippen molar-refractivity contribution in [3.05, 3.63) is 21.6 Å². The van der Waals surface area contributed by atoms with E-state index in [1.807, 2.05) is 0 Å². The molecule has 0 saturated carbocycles. The molecule has 2 rings (SSSR count). The summed E-state index contributed by atoms with van der Waals surface area (Å²) >= 11 is 5.65. The van der Waals surface area contributed by atoms with Gasteiger partial charge in [0.1, 0.15) is 21.0 Å². The molecule has 1 aromatic rings. The number of hydrogen-bond donors (Lipinski definition) is 0. The van der Waals surface area contributed by atoms with Gasteiger partial charge in [0.15, 0.2) is 0 Å². The lowest BCUT2D eigenvalue weighted by molar-refractivity contribution is -0.152. The summed E-state index contributed by atoms with van der Waals surface area (Å²) in [5.41, 5.74) is -0.569. The maximum Gasteiger partial charge on any atom is 0.408 e. The minimum absolute atomic E-state index is 0.155. The van der Waals surface area contributed by atoms with Gasteiger partial charge in [-0.05, 0) is 6.42 Å². The van der Waals surface area contributed by atoms with Crippen LogP contribution in [0, 0.1) is 0 Å². The molecule has 11 heteroatoms. The molecule has 0 spiro atoms. The highest BCUT2D eigenvalue weighted by Crippen LogP contribution is 2.33. The lowest BCUT2D eigenvalue weighted by atomic mass is 10.1. The van der Waals surface area contributed by atoms with Crippen molar-refractivity contribution in [1.82, 2.24) is 9.55 Å². The molecule has 22 heavy (non-hydrogen) atoms. The van der Waals surface area contributed by atoms with Crippen LogP contribution in [0.4, 0.5) is 19.1 Å². The Morgan fingerprint density at radius 2 is 2.09 bits per heavy atom. The van der Waals surface area contributed by atoms with E-state index in [9.17, 15) is 26.4 Å². The minimum Gasteiger partial charge on any atom is -0.329 e. The average Bonchev–Trinajstić information content (AvgIpc) is 2.33. The Bertz CT molecular complexity index is 732.